The van der Waals surface area contributed by atoms with Gasteiger partial charge in [0.25, 0.3) is 5.56 Å². The summed E-state index contributed by atoms with van der Waals surface area (Å²) in [5.74, 6) is 0.508. The Morgan fingerprint density at radius 2 is 1.88 bits per heavy atom. The molecule has 3 aromatic heterocycles. The van der Waals surface area contributed by atoms with Crippen LogP contribution in [0.4, 0.5) is 0 Å². The number of hydrogen-bond donors (Lipinski definition) is 2. The number of nitrogens with zero attached hydrogens (tertiary/aromatic N) is 5. The molecule has 4 rings (SSSR count). The molecule has 0 aliphatic rings. The highest BCUT2D eigenvalue weighted by Gasteiger charge is 2.07. The molecule has 0 spiro atoms. The molecule has 0 atom stereocenters. The highest BCUT2D eigenvalue weighted by Crippen LogP contribution is 2.18. The number of H-pyrrole nitrogens is 1. The maximum atomic E-state index is 12.2. The lowest BCUT2D eigenvalue weighted by Crippen LogP contribution is -2.22. The van der Waals surface area contributed by atoms with Crippen molar-refractivity contribution in [1.82, 2.24) is 29.9 Å². The van der Waals surface area contributed by atoms with Crippen LogP contribution in [0.1, 0.15) is 5.56 Å². The van der Waals surface area contributed by atoms with E-state index in [0.717, 1.165) is 16.7 Å². The zero-order chi connectivity index (χ0) is 17.9. The fraction of sp³-hybridized carbons (Fsp3) is 0.0556. The van der Waals surface area contributed by atoms with Crippen LogP contribution in [0.5, 0.6) is 5.75 Å². The van der Waals surface area contributed by atoms with Gasteiger partial charge < -0.3 is 5.11 Å². The van der Waals surface area contributed by atoms with Crippen LogP contribution in [0, 0.1) is 0 Å². The number of rotatable bonds is 4. The zero-order valence-electron chi connectivity index (χ0n) is 13.6. The highest BCUT2D eigenvalue weighted by atomic mass is 16.3. The monoisotopic (exact) mass is 346 g/mol. The first-order valence-corrected chi connectivity index (χ1v) is 7.87. The van der Waals surface area contributed by atoms with Gasteiger partial charge in [-0.15, -0.1) is 0 Å². The lowest BCUT2D eigenvalue weighted by atomic mass is 10.1. The summed E-state index contributed by atoms with van der Waals surface area (Å²) in [5, 5.41) is 20.3. The third kappa shape index (κ3) is 3.20. The fourth-order valence-corrected chi connectivity index (χ4v) is 2.56. The van der Waals surface area contributed by atoms with Gasteiger partial charge in [-0.1, -0.05) is 18.2 Å². The number of aromatic hydroxyl groups is 1. The second-order valence-corrected chi connectivity index (χ2v) is 5.67. The highest BCUT2D eigenvalue weighted by molar-refractivity contribution is 5.56. The Morgan fingerprint density at radius 1 is 1.04 bits per heavy atom. The van der Waals surface area contributed by atoms with Crippen molar-refractivity contribution in [1.29, 1.82) is 0 Å². The first kappa shape index (κ1) is 15.7. The molecule has 128 valence electrons. The van der Waals surface area contributed by atoms with Gasteiger partial charge in [-0.2, -0.15) is 10.2 Å². The van der Waals surface area contributed by atoms with Gasteiger partial charge >= 0.3 is 0 Å². The van der Waals surface area contributed by atoms with Crippen LogP contribution in [-0.2, 0) is 6.54 Å². The quantitative estimate of drug-likeness (QED) is 0.583. The fourth-order valence-electron chi connectivity index (χ4n) is 2.56. The van der Waals surface area contributed by atoms with E-state index in [4.69, 9.17) is 0 Å². The van der Waals surface area contributed by atoms with Crippen LogP contribution in [0.15, 0.2) is 66.0 Å². The minimum Gasteiger partial charge on any atom is -0.505 e. The van der Waals surface area contributed by atoms with Crippen LogP contribution in [0.3, 0.4) is 0 Å². The van der Waals surface area contributed by atoms with Crippen molar-refractivity contribution in [2.45, 2.75) is 6.54 Å². The molecule has 3 heterocycles. The molecule has 0 saturated heterocycles. The van der Waals surface area contributed by atoms with Gasteiger partial charge in [0.05, 0.1) is 30.8 Å². The first-order chi connectivity index (χ1) is 12.7. The molecular weight excluding hydrogens is 332 g/mol. The van der Waals surface area contributed by atoms with E-state index in [1.165, 1.54) is 23.1 Å². The van der Waals surface area contributed by atoms with Gasteiger partial charge in [-0.25, -0.2) is 14.6 Å². The second kappa shape index (κ2) is 6.60. The summed E-state index contributed by atoms with van der Waals surface area (Å²) in [6.45, 7) is 0.316. The van der Waals surface area contributed by atoms with Gasteiger partial charge in [0.1, 0.15) is 0 Å². The average molecular weight is 346 g/mol. The van der Waals surface area contributed by atoms with E-state index in [1.807, 2.05) is 24.3 Å². The van der Waals surface area contributed by atoms with Crippen molar-refractivity contribution >= 4 is 0 Å². The average Bonchev–Trinajstić information content (AvgIpc) is 3.19. The standard InChI is InChI=1S/C18H14N6O2/c25-15-9-19-18(20-10-15)13-3-1-2-12(6-13)11-24-17(26)5-4-16(23-24)14-7-21-22-8-14/h1-10,25H,11H2,(H,21,22). The predicted molar refractivity (Wildman–Crippen MR) is 94.3 cm³/mol. The van der Waals surface area contributed by atoms with Crippen LogP contribution in [0.2, 0.25) is 0 Å². The Hall–Kier alpha value is -3.81. The van der Waals surface area contributed by atoms with Crippen LogP contribution in [0.25, 0.3) is 22.6 Å². The Morgan fingerprint density at radius 3 is 2.65 bits per heavy atom. The molecule has 0 amide bonds. The van der Waals surface area contributed by atoms with Crippen molar-refractivity contribution in [3.05, 3.63) is 77.1 Å². The number of hydrogen-bond acceptors (Lipinski definition) is 6. The van der Waals surface area contributed by atoms with Crippen LogP contribution >= 0.6 is 0 Å². The summed E-state index contributed by atoms with van der Waals surface area (Å²) in [6.07, 6.45) is 6.06. The molecule has 2 N–H and O–H groups in total. The predicted octanol–water partition coefficient (Wildman–Crippen LogP) is 1.84. The molecule has 0 unspecified atom stereocenters. The molecular formula is C18H14N6O2. The summed E-state index contributed by atoms with van der Waals surface area (Å²) < 4.78 is 1.40. The van der Waals surface area contributed by atoms with E-state index >= 15 is 0 Å². The molecule has 26 heavy (non-hydrogen) atoms. The molecule has 0 bridgehead atoms. The molecule has 0 aliphatic heterocycles. The normalized spacial score (nSPS) is 10.8. The summed E-state index contributed by atoms with van der Waals surface area (Å²) in [7, 11) is 0. The molecule has 8 nitrogen and oxygen atoms in total. The summed E-state index contributed by atoms with van der Waals surface area (Å²) in [4.78, 5) is 20.4. The number of aromatic nitrogens is 6. The topological polar surface area (TPSA) is 110 Å². The van der Waals surface area contributed by atoms with E-state index in [1.54, 1.807) is 18.5 Å². The third-order valence-corrected chi connectivity index (χ3v) is 3.82. The Balaban J connectivity index is 1.65. The molecule has 8 heteroatoms. The van der Waals surface area contributed by atoms with Crippen molar-refractivity contribution in [3.8, 4) is 28.4 Å². The molecule has 0 aliphatic carbocycles. The van der Waals surface area contributed by atoms with Gasteiger partial charge in [0.2, 0.25) is 0 Å². The SMILES string of the molecule is O=c1ccc(-c2cn[nH]c2)nn1Cc1cccc(-c2ncc(O)cn2)c1. The summed E-state index contributed by atoms with van der Waals surface area (Å²) in [6, 6.07) is 10.7. The Kier molecular flexibility index (Phi) is 3.98. The first-order valence-electron chi connectivity index (χ1n) is 7.87. The van der Waals surface area contributed by atoms with Gasteiger partial charge in [-0.05, 0) is 17.7 Å². The van der Waals surface area contributed by atoms with E-state index in [9.17, 15) is 9.90 Å². The maximum Gasteiger partial charge on any atom is 0.267 e. The second-order valence-electron chi connectivity index (χ2n) is 5.67. The number of benzene rings is 1. The third-order valence-electron chi connectivity index (χ3n) is 3.82. The zero-order valence-corrected chi connectivity index (χ0v) is 13.6. The molecule has 1 aromatic carbocycles. The van der Waals surface area contributed by atoms with E-state index < -0.39 is 0 Å². The van der Waals surface area contributed by atoms with E-state index in [0.29, 0.717) is 18.1 Å². The largest absolute Gasteiger partial charge is 0.505 e. The van der Waals surface area contributed by atoms with E-state index in [2.05, 4.69) is 25.3 Å². The number of aromatic amines is 1. The number of nitrogens with one attached hydrogen (secondary N) is 1. The van der Waals surface area contributed by atoms with Crippen molar-refractivity contribution in [2.24, 2.45) is 0 Å². The maximum absolute atomic E-state index is 12.2. The lowest BCUT2D eigenvalue weighted by Gasteiger charge is -2.08. The molecule has 0 radical (unpaired) electrons. The van der Waals surface area contributed by atoms with Gasteiger partial charge in [0, 0.05) is 23.4 Å². The Bertz CT molecular complexity index is 1090. The van der Waals surface area contributed by atoms with E-state index in [-0.39, 0.29) is 11.3 Å². The summed E-state index contributed by atoms with van der Waals surface area (Å²) >= 11 is 0. The lowest BCUT2D eigenvalue weighted by molar-refractivity contribution is 0.470. The van der Waals surface area contributed by atoms with Crippen molar-refractivity contribution in [3.63, 3.8) is 0 Å². The molecule has 0 saturated carbocycles. The smallest absolute Gasteiger partial charge is 0.267 e. The van der Waals surface area contributed by atoms with Crippen LogP contribution in [-0.4, -0.2) is 35.1 Å². The summed E-state index contributed by atoms with van der Waals surface area (Å²) in [5.41, 5.74) is 2.96. The van der Waals surface area contributed by atoms with Crippen molar-refractivity contribution in [2.75, 3.05) is 0 Å². The van der Waals surface area contributed by atoms with Gasteiger partial charge in [0.15, 0.2) is 11.6 Å². The molecule has 0 fully saturated rings. The van der Waals surface area contributed by atoms with Crippen molar-refractivity contribution < 1.29 is 5.11 Å². The van der Waals surface area contributed by atoms with Gasteiger partial charge in [-0.3, -0.25) is 9.89 Å². The molecule has 4 aromatic rings. The minimum absolute atomic E-state index is 0.0109. The van der Waals surface area contributed by atoms with Crippen LogP contribution < -0.4 is 5.56 Å². The minimum atomic E-state index is -0.191. The Labute approximate surface area is 147 Å².